The zero-order valence-electron chi connectivity index (χ0n) is 29.8. The average Bonchev–Trinajstić information content (AvgIpc) is 3.84. The highest BCUT2D eigenvalue weighted by Crippen LogP contribution is 2.49. The van der Waals surface area contributed by atoms with Crippen molar-refractivity contribution in [2.45, 2.75) is 0 Å². The molecule has 3 nitrogen and oxygen atoms in total. The summed E-state index contributed by atoms with van der Waals surface area (Å²) in [6.45, 7) is 0. The molecule has 9 aromatic carbocycles. The smallest absolute Gasteiger partial charge is 0.145 e. The normalized spacial score (nSPS) is 11.6. The molecule has 2 aromatic heterocycles. The minimum Gasteiger partial charge on any atom is -0.455 e. The molecule has 258 valence electrons. The summed E-state index contributed by atoms with van der Waals surface area (Å²) in [6.07, 6.45) is 0. The van der Waals surface area contributed by atoms with Crippen molar-refractivity contribution in [3.63, 3.8) is 0 Å². The van der Waals surface area contributed by atoms with Crippen LogP contribution in [0.3, 0.4) is 0 Å². The summed E-state index contributed by atoms with van der Waals surface area (Å²) >= 11 is 0. The average molecular weight is 704 g/mol. The second-order valence-electron chi connectivity index (χ2n) is 14.0. The Bertz CT molecular complexity index is 3220. The number of hydrogen-bond donors (Lipinski definition) is 0. The summed E-state index contributed by atoms with van der Waals surface area (Å²) < 4.78 is 13.5. The Morgan fingerprint density at radius 1 is 0.327 bits per heavy atom. The van der Waals surface area contributed by atoms with Crippen LogP contribution in [0.1, 0.15) is 0 Å². The first-order chi connectivity index (χ1) is 27.3. The molecule has 0 bridgehead atoms. The van der Waals surface area contributed by atoms with Crippen LogP contribution in [-0.4, -0.2) is 0 Å². The lowest BCUT2D eigenvalue weighted by atomic mass is 9.92. The fourth-order valence-corrected chi connectivity index (χ4v) is 8.32. The molecule has 11 aromatic rings. The van der Waals surface area contributed by atoms with Crippen LogP contribution in [0.4, 0.5) is 17.1 Å². The van der Waals surface area contributed by atoms with Crippen LogP contribution in [0.2, 0.25) is 0 Å². The highest BCUT2D eigenvalue weighted by molar-refractivity contribution is 6.18. The molecule has 11 rings (SSSR count). The van der Waals surface area contributed by atoms with Gasteiger partial charge in [-0.05, 0) is 81.6 Å². The van der Waals surface area contributed by atoms with Crippen LogP contribution in [0.15, 0.2) is 209 Å². The van der Waals surface area contributed by atoms with E-state index in [1.54, 1.807) is 0 Å². The summed E-state index contributed by atoms with van der Waals surface area (Å²) in [6, 6.07) is 70.9. The van der Waals surface area contributed by atoms with E-state index >= 15 is 0 Å². The van der Waals surface area contributed by atoms with Gasteiger partial charge in [-0.3, -0.25) is 0 Å². The predicted octanol–water partition coefficient (Wildman–Crippen LogP) is 15.1. The third kappa shape index (κ3) is 5.13. The largest absolute Gasteiger partial charge is 0.455 e. The molecule has 0 amide bonds. The number of hydrogen-bond acceptors (Lipinski definition) is 3. The van der Waals surface area contributed by atoms with Crippen LogP contribution >= 0.6 is 0 Å². The van der Waals surface area contributed by atoms with Crippen molar-refractivity contribution in [1.82, 2.24) is 0 Å². The fourth-order valence-electron chi connectivity index (χ4n) is 8.32. The van der Waals surface area contributed by atoms with Gasteiger partial charge in [0.2, 0.25) is 0 Å². The van der Waals surface area contributed by atoms with Gasteiger partial charge in [0.25, 0.3) is 0 Å². The van der Waals surface area contributed by atoms with Crippen molar-refractivity contribution in [1.29, 1.82) is 0 Å². The van der Waals surface area contributed by atoms with E-state index in [0.717, 1.165) is 88.8 Å². The van der Waals surface area contributed by atoms with Crippen molar-refractivity contribution < 1.29 is 8.83 Å². The van der Waals surface area contributed by atoms with E-state index in [1.807, 2.05) is 18.2 Å². The second-order valence-corrected chi connectivity index (χ2v) is 14.0. The van der Waals surface area contributed by atoms with Gasteiger partial charge >= 0.3 is 0 Å². The first-order valence-corrected chi connectivity index (χ1v) is 18.7. The maximum atomic E-state index is 6.94. The van der Waals surface area contributed by atoms with E-state index in [1.165, 1.54) is 16.3 Å². The monoisotopic (exact) mass is 703 g/mol. The summed E-state index contributed by atoms with van der Waals surface area (Å²) in [4.78, 5) is 2.38. The lowest BCUT2D eigenvalue weighted by molar-refractivity contribution is 0.669. The lowest BCUT2D eigenvalue weighted by Crippen LogP contribution is -2.10. The molecule has 0 saturated carbocycles. The van der Waals surface area contributed by atoms with Gasteiger partial charge in [0.15, 0.2) is 0 Å². The van der Waals surface area contributed by atoms with Crippen LogP contribution in [0, 0.1) is 0 Å². The van der Waals surface area contributed by atoms with Crippen molar-refractivity contribution >= 4 is 71.7 Å². The van der Waals surface area contributed by atoms with Gasteiger partial charge in [-0.15, -0.1) is 0 Å². The number of para-hydroxylation sites is 3. The summed E-state index contributed by atoms with van der Waals surface area (Å²) in [5.41, 5.74) is 13.2. The molecular weight excluding hydrogens is 671 g/mol. The Morgan fingerprint density at radius 2 is 0.909 bits per heavy atom. The first-order valence-electron chi connectivity index (χ1n) is 18.7. The molecule has 2 heterocycles. The Hall–Kier alpha value is -7.36. The van der Waals surface area contributed by atoms with E-state index in [2.05, 4.69) is 187 Å². The zero-order valence-corrected chi connectivity index (χ0v) is 29.8. The summed E-state index contributed by atoms with van der Waals surface area (Å²) in [5, 5.41) is 6.73. The van der Waals surface area contributed by atoms with Crippen molar-refractivity contribution in [2.24, 2.45) is 0 Å². The molecule has 0 N–H and O–H groups in total. The molecule has 55 heavy (non-hydrogen) atoms. The van der Waals surface area contributed by atoms with Gasteiger partial charge in [0, 0.05) is 38.7 Å². The third-order valence-corrected chi connectivity index (χ3v) is 10.9. The Morgan fingerprint density at radius 3 is 1.75 bits per heavy atom. The summed E-state index contributed by atoms with van der Waals surface area (Å²) in [7, 11) is 0. The maximum Gasteiger partial charge on any atom is 0.145 e. The van der Waals surface area contributed by atoms with Gasteiger partial charge in [0.05, 0.1) is 11.1 Å². The van der Waals surface area contributed by atoms with Gasteiger partial charge in [-0.25, -0.2) is 0 Å². The second kappa shape index (κ2) is 12.6. The molecule has 0 atom stereocenters. The van der Waals surface area contributed by atoms with Crippen LogP contribution in [0.25, 0.3) is 88.0 Å². The molecule has 0 unspecified atom stereocenters. The number of furan rings is 2. The van der Waals surface area contributed by atoms with Crippen LogP contribution < -0.4 is 4.90 Å². The highest BCUT2D eigenvalue weighted by atomic mass is 16.3. The van der Waals surface area contributed by atoms with Crippen molar-refractivity contribution in [3.05, 3.63) is 200 Å². The molecule has 0 aliphatic carbocycles. The molecular formula is C52H33NO2. The lowest BCUT2D eigenvalue weighted by Gasteiger charge is -2.27. The number of fused-ring (bicyclic) bond motifs is 7. The van der Waals surface area contributed by atoms with Gasteiger partial charge < -0.3 is 13.7 Å². The molecule has 3 heteroatoms. The maximum absolute atomic E-state index is 6.94. The van der Waals surface area contributed by atoms with Crippen LogP contribution in [0.5, 0.6) is 0 Å². The topological polar surface area (TPSA) is 29.5 Å². The Balaban J connectivity index is 1.17. The minimum atomic E-state index is 0.841. The third-order valence-electron chi connectivity index (χ3n) is 10.9. The fraction of sp³-hybridized carbons (Fsp3) is 0. The standard InChI is InChI=1S/C52H33NO2/c1-2-14-34(15-3-1)37-18-12-19-38(32-37)53(39-29-28-35-16-4-5-17-36(35)33-39)47-31-30-45(52-50(47)46-23-9-11-27-49(46)55-52)41-21-7-6-20-40(41)43-24-13-25-44-42-22-8-10-26-48(42)54-51(43)44/h1-33H. The van der Waals surface area contributed by atoms with E-state index in [9.17, 15) is 0 Å². The SMILES string of the molecule is c1ccc(-c2cccc(N(c3ccc4ccccc4c3)c3ccc(-c4ccccc4-c4cccc5c4oc4ccccc45)c4oc5ccccc5c34)c2)cc1. The number of nitrogens with zero attached hydrogens (tertiary/aromatic N) is 1. The van der Waals surface area contributed by atoms with E-state index < -0.39 is 0 Å². The van der Waals surface area contributed by atoms with Crippen LogP contribution in [-0.2, 0) is 0 Å². The van der Waals surface area contributed by atoms with E-state index in [0.29, 0.717) is 0 Å². The Kier molecular flexibility index (Phi) is 7.17. The molecule has 0 saturated heterocycles. The molecule has 0 fully saturated rings. The number of benzene rings is 9. The molecule has 0 radical (unpaired) electrons. The van der Waals surface area contributed by atoms with Crippen molar-refractivity contribution in [3.8, 4) is 33.4 Å². The van der Waals surface area contributed by atoms with E-state index in [4.69, 9.17) is 8.83 Å². The molecule has 0 spiro atoms. The number of anilines is 3. The minimum absolute atomic E-state index is 0.841. The van der Waals surface area contributed by atoms with Gasteiger partial charge in [-0.1, -0.05) is 152 Å². The Labute approximate surface area is 317 Å². The molecule has 0 aliphatic heterocycles. The van der Waals surface area contributed by atoms with Gasteiger partial charge in [0.1, 0.15) is 22.3 Å². The van der Waals surface area contributed by atoms with Gasteiger partial charge in [-0.2, -0.15) is 0 Å². The van der Waals surface area contributed by atoms with E-state index in [-0.39, 0.29) is 0 Å². The first kappa shape index (κ1) is 31.2. The predicted molar refractivity (Wildman–Crippen MR) is 229 cm³/mol. The zero-order chi connectivity index (χ0) is 36.3. The quantitative estimate of drug-likeness (QED) is 0.173. The highest BCUT2D eigenvalue weighted by Gasteiger charge is 2.24. The van der Waals surface area contributed by atoms with Crippen molar-refractivity contribution in [2.75, 3.05) is 4.90 Å². The molecule has 0 aliphatic rings. The number of rotatable bonds is 6. The summed E-state index contributed by atoms with van der Waals surface area (Å²) in [5.74, 6) is 0.